The van der Waals surface area contributed by atoms with Crippen LogP contribution in [0.15, 0.2) is 64.1 Å². The maximum Gasteiger partial charge on any atom is 0.345 e. The predicted molar refractivity (Wildman–Crippen MR) is 134 cm³/mol. The molecule has 37 heavy (non-hydrogen) atoms. The Hall–Kier alpha value is -3.96. The van der Waals surface area contributed by atoms with Gasteiger partial charge in [0.25, 0.3) is 0 Å². The number of rotatable bonds is 4. The lowest BCUT2D eigenvalue weighted by atomic mass is 9.63. The first-order valence-electron chi connectivity index (χ1n) is 12.4. The molecule has 5 atom stereocenters. The van der Waals surface area contributed by atoms with Gasteiger partial charge >= 0.3 is 11.6 Å². The summed E-state index contributed by atoms with van der Waals surface area (Å²) in [6.45, 7) is 6.01. The summed E-state index contributed by atoms with van der Waals surface area (Å²) in [5.41, 5.74) is -0.303. The lowest BCUT2D eigenvalue weighted by Gasteiger charge is -2.53. The van der Waals surface area contributed by atoms with Crippen LogP contribution in [0.4, 0.5) is 0 Å². The van der Waals surface area contributed by atoms with E-state index in [1.165, 1.54) is 0 Å². The molecule has 0 radical (unpaired) electrons. The molecule has 1 saturated carbocycles. The number of hydrogen-bond acceptors (Lipinski definition) is 8. The minimum Gasteiger partial charge on any atom is -0.482 e. The number of aliphatic hydroxyl groups is 1. The first-order valence-corrected chi connectivity index (χ1v) is 12.4. The standard InChI is InChI=1S/C29H28N2O6/c1-16(2)20-11-21-26(32)25-23(13-22(35-28(25)34)19-5-4-10-31-15-19)37-29(21,3)24(12-20)36-27(33)18-8-6-17(14-30)7-9-18/h4-10,13,15-16,20-21,24,26,32H,11-12H2,1-3H3/t20-,21?,24-,26-,29-/m0/s1. The molecule has 8 nitrogen and oxygen atoms in total. The van der Waals surface area contributed by atoms with Crippen LogP contribution >= 0.6 is 0 Å². The number of nitrogens with zero attached hydrogens (tertiary/aromatic N) is 2. The summed E-state index contributed by atoms with van der Waals surface area (Å²) < 4.78 is 18.1. The Labute approximate surface area is 214 Å². The van der Waals surface area contributed by atoms with Crippen molar-refractivity contribution in [3.8, 4) is 23.1 Å². The molecule has 1 aromatic carbocycles. The van der Waals surface area contributed by atoms with Crippen LogP contribution in [0.3, 0.4) is 0 Å². The van der Waals surface area contributed by atoms with E-state index in [9.17, 15) is 14.7 Å². The highest BCUT2D eigenvalue weighted by atomic mass is 16.6. The fourth-order valence-electron chi connectivity index (χ4n) is 5.50. The van der Waals surface area contributed by atoms with Gasteiger partial charge in [0, 0.05) is 29.9 Å². The van der Waals surface area contributed by atoms with Gasteiger partial charge < -0.3 is 19.0 Å². The first-order chi connectivity index (χ1) is 17.7. The highest BCUT2D eigenvalue weighted by Gasteiger charge is 2.58. The Bertz CT molecular complexity index is 1410. The zero-order chi connectivity index (χ0) is 26.3. The van der Waals surface area contributed by atoms with Crippen LogP contribution in [-0.4, -0.2) is 27.8 Å². The molecule has 1 aliphatic heterocycles. The average molecular weight is 501 g/mol. The van der Waals surface area contributed by atoms with Crippen LogP contribution in [0.25, 0.3) is 11.3 Å². The molecule has 5 rings (SSSR count). The van der Waals surface area contributed by atoms with Gasteiger partial charge in [-0.15, -0.1) is 0 Å². The van der Waals surface area contributed by atoms with E-state index in [1.807, 2.05) is 13.0 Å². The van der Waals surface area contributed by atoms with E-state index >= 15 is 0 Å². The summed E-state index contributed by atoms with van der Waals surface area (Å²) in [5, 5.41) is 20.5. The summed E-state index contributed by atoms with van der Waals surface area (Å²) in [5.74, 6) is -0.146. The van der Waals surface area contributed by atoms with Crippen LogP contribution in [0.5, 0.6) is 5.75 Å². The second-order valence-electron chi connectivity index (χ2n) is 10.3. The monoisotopic (exact) mass is 500 g/mol. The fraction of sp³-hybridized carbons (Fsp3) is 0.379. The number of carbonyl (C=O) groups is 1. The predicted octanol–water partition coefficient (Wildman–Crippen LogP) is 4.67. The number of pyridine rings is 1. The lowest BCUT2D eigenvalue weighted by molar-refractivity contribution is -0.170. The van der Waals surface area contributed by atoms with Crippen molar-refractivity contribution < 1.29 is 23.8 Å². The van der Waals surface area contributed by atoms with Gasteiger partial charge in [-0.2, -0.15) is 5.26 Å². The lowest BCUT2D eigenvalue weighted by Crippen LogP contribution is -2.61. The third-order valence-electron chi connectivity index (χ3n) is 7.79. The summed E-state index contributed by atoms with van der Waals surface area (Å²) in [6.07, 6.45) is 2.51. The Morgan fingerprint density at radius 1 is 1.24 bits per heavy atom. The van der Waals surface area contributed by atoms with Crippen LogP contribution in [-0.2, 0) is 4.74 Å². The molecule has 1 fully saturated rings. The molecular formula is C29H28N2O6. The Morgan fingerprint density at radius 2 is 2.00 bits per heavy atom. The van der Waals surface area contributed by atoms with Gasteiger partial charge in [0.2, 0.25) is 0 Å². The zero-order valence-electron chi connectivity index (χ0n) is 20.9. The van der Waals surface area contributed by atoms with Crippen molar-refractivity contribution >= 4 is 5.97 Å². The number of fused-ring (bicyclic) bond motifs is 2. The fourth-order valence-corrected chi connectivity index (χ4v) is 5.50. The van der Waals surface area contributed by atoms with Crippen LogP contribution in [0.2, 0.25) is 0 Å². The largest absolute Gasteiger partial charge is 0.482 e. The second kappa shape index (κ2) is 9.49. The van der Waals surface area contributed by atoms with E-state index in [4.69, 9.17) is 19.2 Å². The number of nitriles is 1. The quantitative estimate of drug-likeness (QED) is 0.513. The smallest absolute Gasteiger partial charge is 0.345 e. The molecule has 1 N–H and O–H groups in total. The second-order valence-corrected chi connectivity index (χ2v) is 10.3. The number of benzene rings is 1. The van der Waals surface area contributed by atoms with Crippen molar-refractivity contribution in [1.82, 2.24) is 4.98 Å². The summed E-state index contributed by atoms with van der Waals surface area (Å²) >= 11 is 0. The van der Waals surface area contributed by atoms with Gasteiger partial charge in [0.1, 0.15) is 28.8 Å². The van der Waals surface area contributed by atoms with Crippen molar-refractivity contribution in [3.63, 3.8) is 0 Å². The average Bonchev–Trinajstić information content (AvgIpc) is 2.89. The van der Waals surface area contributed by atoms with Gasteiger partial charge in [-0.3, -0.25) is 4.98 Å². The Kier molecular flexibility index (Phi) is 6.34. The maximum atomic E-state index is 13.1. The van der Waals surface area contributed by atoms with Crippen molar-refractivity contribution in [2.24, 2.45) is 17.8 Å². The van der Waals surface area contributed by atoms with Gasteiger partial charge in [-0.25, -0.2) is 9.59 Å². The normalized spacial score (nSPS) is 26.4. The van der Waals surface area contributed by atoms with E-state index < -0.39 is 35.3 Å². The Morgan fingerprint density at radius 3 is 2.65 bits per heavy atom. The molecule has 1 unspecified atom stereocenters. The van der Waals surface area contributed by atoms with E-state index in [2.05, 4.69) is 18.8 Å². The number of hydrogen-bond donors (Lipinski definition) is 1. The summed E-state index contributed by atoms with van der Waals surface area (Å²) in [6, 6.07) is 13.4. The minimum atomic E-state index is -1.15. The molecule has 3 aromatic rings. The highest BCUT2D eigenvalue weighted by molar-refractivity contribution is 5.89. The molecular weight excluding hydrogens is 472 g/mol. The van der Waals surface area contributed by atoms with Crippen LogP contribution in [0, 0.1) is 29.1 Å². The van der Waals surface area contributed by atoms with Gasteiger partial charge in [-0.05, 0) is 68.0 Å². The molecule has 2 aliphatic rings. The minimum absolute atomic E-state index is 0.0803. The number of ether oxygens (including phenoxy) is 2. The van der Waals surface area contributed by atoms with Crippen molar-refractivity contribution in [1.29, 1.82) is 5.26 Å². The number of carbonyl (C=O) groups excluding carboxylic acids is 1. The SMILES string of the molecule is CC(C)[C@H]1CC2[C@H](O)c3c(cc(-c4cccnc4)oc3=O)O[C@]2(C)[C@@H](OC(=O)c2ccc(C#N)cc2)C1. The molecule has 0 amide bonds. The topological polar surface area (TPSA) is 123 Å². The van der Waals surface area contributed by atoms with E-state index in [0.717, 1.165) is 0 Å². The third kappa shape index (κ3) is 4.40. The molecule has 0 bridgehead atoms. The molecule has 8 heteroatoms. The first kappa shape index (κ1) is 24.7. The van der Waals surface area contributed by atoms with Gasteiger partial charge in [-0.1, -0.05) is 13.8 Å². The third-order valence-corrected chi connectivity index (χ3v) is 7.79. The maximum absolute atomic E-state index is 13.1. The molecule has 2 aromatic heterocycles. The van der Waals surface area contributed by atoms with Crippen molar-refractivity contribution in [3.05, 3.63) is 82.0 Å². The van der Waals surface area contributed by atoms with Crippen molar-refractivity contribution in [2.75, 3.05) is 0 Å². The highest BCUT2D eigenvalue weighted by Crippen LogP contribution is 2.53. The summed E-state index contributed by atoms with van der Waals surface area (Å²) in [4.78, 5) is 30.2. The summed E-state index contributed by atoms with van der Waals surface area (Å²) in [7, 11) is 0. The van der Waals surface area contributed by atoms with Crippen LogP contribution in [0.1, 0.15) is 61.2 Å². The molecule has 190 valence electrons. The van der Waals surface area contributed by atoms with E-state index in [0.29, 0.717) is 29.5 Å². The van der Waals surface area contributed by atoms with Gasteiger partial charge in [0.15, 0.2) is 0 Å². The zero-order valence-corrected chi connectivity index (χ0v) is 20.9. The molecule has 1 aliphatic carbocycles. The molecule has 0 spiro atoms. The van der Waals surface area contributed by atoms with E-state index in [1.54, 1.807) is 54.9 Å². The van der Waals surface area contributed by atoms with Crippen LogP contribution < -0.4 is 10.4 Å². The van der Waals surface area contributed by atoms with E-state index in [-0.39, 0.29) is 28.9 Å². The molecule has 0 saturated heterocycles. The number of aliphatic hydroxyl groups excluding tert-OH is 1. The van der Waals surface area contributed by atoms with Gasteiger partial charge in [0.05, 0.1) is 23.3 Å². The Balaban J connectivity index is 1.53. The number of aromatic nitrogens is 1. The number of esters is 1. The van der Waals surface area contributed by atoms with Crippen molar-refractivity contribution in [2.45, 2.75) is 51.4 Å². The molecule has 3 heterocycles.